The average molecular weight is 493 g/mol. The number of ether oxygens (including phenoxy) is 3. The zero-order chi connectivity index (χ0) is 26.3. The van der Waals surface area contributed by atoms with Crippen molar-refractivity contribution in [2.45, 2.75) is 38.9 Å². The maximum atomic E-state index is 13.8. The van der Waals surface area contributed by atoms with Crippen LogP contribution in [-0.4, -0.2) is 53.6 Å². The van der Waals surface area contributed by atoms with E-state index in [0.717, 1.165) is 5.56 Å². The molecule has 0 saturated carbocycles. The van der Waals surface area contributed by atoms with Gasteiger partial charge in [0.15, 0.2) is 11.5 Å². The highest BCUT2D eigenvalue weighted by Crippen LogP contribution is 2.41. The summed E-state index contributed by atoms with van der Waals surface area (Å²) in [5.41, 5.74) is 0.897. The average Bonchev–Trinajstić information content (AvgIpc) is 2.87. The van der Waals surface area contributed by atoms with Crippen LogP contribution in [0.15, 0.2) is 61.1 Å². The van der Waals surface area contributed by atoms with Gasteiger partial charge in [0.05, 0.1) is 27.5 Å². The van der Waals surface area contributed by atoms with E-state index in [9.17, 15) is 9.59 Å². The number of nitrogens with zero attached hydrogens (tertiary/aromatic N) is 3. The number of aromatic nitrogens is 2. The van der Waals surface area contributed by atoms with Crippen molar-refractivity contribution in [3.8, 4) is 17.2 Å². The lowest BCUT2D eigenvalue weighted by molar-refractivity contribution is -0.127. The van der Waals surface area contributed by atoms with Gasteiger partial charge in [0.2, 0.25) is 11.7 Å². The first-order chi connectivity index (χ1) is 17.2. The second-order valence-corrected chi connectivity index (χ2v) is 9.11. The van der Waals surface area contributed by atoms with Gasteiger partial charge in [0, 0.05) is 24.5 Å². The van der Waals surface area contributed by atoms with Gasteiger partial charge < -0.3 is 24.4 Å². The second-order valence-electron chi connectivity index (χ2n) is 9.11. The molecule has 190 valence electrons. The van der Waals surface area contributed by atoms with Crippen LogP contribution >= 0.6 is 0 Å². The molecule has 0 aliphatic heterocycles. The van der Waals surface area contributed by atoms with Gasteiger partial charge in [-0.25, -0.2) is 4.98 Å². The van der Waals surface area contributed by atoms with E-state index in [-0.39, 0.29) is 18.1 Å². The van der Waals surface area contributed by atoms with E-state index in [1.807, 2.05) is 51.1 Å². The zero-order valence-corrected chi connectivity index (χ0v) is 21.4. The lowest BCUT2D eigenvalue weighted by Gasteiger charge is -2.34. The van der Waals surface area contributed by atoms with E-state index in [0.29, 0.717) is 22.8 Å². The van der Waals surface area contributed by atoms with Gasteiger partial charge in [-0.1, -0.05) is 30.3 Å². The standard InChI is InChI=1S/C27H32N4O5/c1-27(2,3)30-25(32)23(19-14-21(34-4)24(36-6)22(15-19)35-5)31(17-18-10-8-7-9-11-18)26(33)20-16-28-12-13-29-20/h7-16,23H,17H2,1-6H3,(H,30,32)/t23-/m1/s1. The van der Waals surface area contributed by atoms with E-state index in [2.05, 4.69) is 15.3 Å². The summed E-state index contributed by atoms with van der Waals surface area (Å²) < 4.78 is 16.5. The van der Waals surface area contributed by atoms with E-state index >= 15 is 0 Å². The summed E-state index contributed by atoms with van der Waals surface area (Å²) in [6.45, 7) is 5.78. The molecule has 0 saturated heterocycles. The largest absolute Gasteiger partial charge is 0.493 e. The van der Waals surface area contributed by atoms with Crippen LogP contribution in [0.2, 0.25) is 0 Å². The Morgan fingerprint density at radius 3 is 2.11 bits per heavy atom. The third kappa shape index (κ3) is 6.29. The highest BCUT2D eigenvalue weighted by Gasteiger charge is 2.36. The van der Waals surface area contributed by atoms with Crippen LogP contribution in [0, 0.1) is 0 Å². The molecule has 2 aromatic carbocycles. The van der Waals surface area contributed by atoms with Crippen molar-refractivity contribution in [2.24, 2.45) is 0 Å². The summed E-state index contributed by atoms with van der Waals surface area (Å²) in [5.74, 6) is 0.298. The lowest BCUT2D eigenvalue weighted by Crippen LogP contribution is -2.49. The minimum Gasteiger partial charge on any atom is -0.493 e. The number of methoxy groups -OCH3 is 3. The Labute approximate surface area is 211 Å². The molecule has 3 aromatic rings. The summed E-state index contributed by atoms with van der Waals surface area (Å²) in [5, 5.41) is 3.01. The fourth-order valence-corrected chi connectivity index (χ4v) is 3.79. The predicted octanol–water partition coefficient (Wildman–Crippen LogP) is 3.80. The number of amides is 2. The van der Waals surface area contributed by atoms with Crippen molar-refractivity contribution in [3.63, 3.8) is 0 Å². The molecule has 2 amide bonds. The minimum absolute atomic E-state index is 0.120. The summed E-state index contributed by atoms with van der Waals surface area (Å²) in [7, 11) is 4.50. The molecular formula is C27H32N4O5. The van der Waals surface area contributed by atoms with Crippen LogP contribution in [0.25, 0.3) is 0 Å². The molecule has 1 N–H and O–H groups in total. The summed E-state index contributed by atoms with van der Waals surface area (Å²) in [6.07, 6.45) is 4.31. The van der Waals surface area contributed by atoms with Crippen LogP contribution in [0.5, 0.6) is 17.2 Å². The number of hydrogen-bond donors (Lipinski definition) is 1. The molecule has 0 spiro atoms. The Bertz CT molecular complexity index is 1150. The van der Waals surface area contributed by atoms with Crippen molar-refractivity contribution >= 4 is 11.8 Å². The van der Waals surface area contributed by atoms with Crippen LogP contribution < -0.4 is 19.5 Å². The molecule has 3 rings (SSSR count). The van der Waals surface area contributed by atoms with E-state index < -0.39 is 17.5 Å². The van der Waals surface area contributed by atoms with Crippen LogP contribution in [0.1, 0.15) is 48.4 Å². The van der Waals surface area contributed by atoms with Crippen molar-refractivity contribution in [1.29, 1.82) is 0 Å². The molecule has 0 fully saturated rings. The zero-order valence-electron chi connectivity index (χ0n) is 21.4. The molecule has 9 nitrogen and oxygen atoms in total. The first-order valence-electron chi connectivity index (χ1n) is 11.4. The Kier molecular flexibility index (Phi) is 8.47. The third-order valence-electron chi connectivity index (χ3n) is 5.30. The van der Waals surface area contributed by atoms with Gasteiger partial charge in [-0.15, -0.1) is 0 Å². The number of carbonyl (C=O) groups is 2. The molecule has 1 atom stereocenters. The normalized spacial score (nSPS) is 11.8. The van der Waals surface area contributed by atoms with Gasteiger partial charge in [0.1, 0.15) is 11.7 Å². The van der Waals surface area contributed by atoms with Crippen molar-refractivity contribution in [1.82, 2.24) is 20.2 Å². The summed E-state index contributed by atoms with van der Waals surface area (Å²) in [6, 6.07) is 11.7. The van der Waals surface area contributed by atoms with E-state index in [4.69, 9.17) is 14.2 Å². The molecular weight excluding hydrogens is 460 g/mol. The Morgan fingerprint density at radius 1 is 0.972 bits per heavy atom. The molecule has 0 radical (unpaired) electrons. The van der Waals surface area contributed by atoms with Crippen molar-refractivity contribution in [2.75, 3.05) is 21.3 Å². The molecule has 1 heterocycles. The predicted molar refractivity (Wildman–Crippen MR) is 135 cm³/mol. The smallest absolute Gasteiger partial charge is 0.275 e. The van der Waals surface area contributed by atoms with Crippen LogP contribution in [0.3, 0.4) is 0 Å². The summed E-state index contributed by atoms with van der Waals surface area (Å²) >= 11 is 0. The van der Waals surface area contributed by atoms with Crippen LogP contribution in [0.4, 0.5) is 0 Å². The Hall–Kier alpha value is -4.14. The van der Waals surface area contributed by atoms with Gasteiger partial charge in [-0.3, -0.25) is 14.6 Å². The fourth-order valence-electron chi connectivity index (χ4n) is 3.79. The first-order valence-corrected chi connectivity index (χ1v) is 11.4. The molecule has 0 bridgehead atoms. The van der Waals surface area contributed by atoms with Gasteiger partial charge in [-0.2, -0.15) is 0 Å². The maximum absolute atomic E-state index is 13.8. The van der Waals surface area contributed by atoms with E-state index in [1.165, 1.54) is 44.8 Å². The maximum Gasteiger partial charge on any atom is 0.275 e. The van der Waals surface area contributed by atoms with Crippen molar-refractivity contribution in [3.05, 3.63) is 77.9 Å². The molecule has 0 aliphatic carbocycles. The SMILES string of the molecule is COc1cc([C@H](C(=O)NC(C)(C)C)N(Cc2ccccc2)C(=O)c2cnccn2)cc(OC)c1OC. The molecule has 9 heteroatoms. The number of benzene rings is 2. The Balaban J connectivity index is 2.23. The highest BCUT2D eigenvalue weighted by atomic mass is 16.5. The summed E-state index contributed by atoms with van der Waals surface area (Å²) in [4.78, 5) is 37.4. The minimum atomic E-state index is -1.05. The quantitative estimate of drug-likeness (QED) is 0.485. The molecule has 0 aliphatic rings. The Morgan fingerprint density at radius 2 is 1.61 bits per heavy atom. The highest BCUT2D eigenvalue weighted by molar-refractivity contribution is 5.96. The molecule has 0 unspecified atom stereocenters. The van der Waals surface area contributed by atoms with Gasteiger partial charge >= 0.3 is 0 Å². The lowest BCUT2D eigenvalue weighted by atomic mass is 9.99. The van der Waals surface area contributed by atoms with Gasteiger partial charge in [0.25, 0.3) is 5.91 Å². The van der Waals surface area contributed by atoms with E-state index in [1.54, 1.807) is 12.1 Å². The van der Waals surface area contributed by atoms with Gasteiger partial charge in [-0.05, 0) is 44.0 Å². The number of carbonyl (C=O) groups excluding carboxylic acids is 2. The third-order valence-corrected chi connectivity index (χ3v) is 5.30. The number of rotatable bonds is 9. The molecule has 36 heavy (non-hydrogen) atoms. The number of hydrogen-bond acceptors (Lipinski definition) is 7. The monoisotopic (exact) mass is 492 g/mol. The first kappa shape index (κ1) is 26.5. The van der Waals surface area contributed by atoms with Crippen LogP contribution in [-0.2, 0) is 11.3 Å². The second kappa shape index (κ2) is 11.5. The fraction of sp³-hybridized carbons (Fsp3) is 0.333. The van der Waals surface area contributed by atoms with Crippen molar-refractivity contribution < 1.29 is 23.8 Å². The topological polar surface area (TPSA) is 103 Å². The molecule has 1 aromatic heterocycles. The number of nitrogens with one attached hydrogen (secondary N) is 1.